The minimum absolute atomic E-state index is 0.236. The van der Waals surface area contributed by atoms with Gasteiger partial charge in [0.1, 0.15) is 11.6 Å². The van der Waals surface area contributed by atoms with Crippen LogP contribution >= 0.6 is 0 Å². The SMILES string of the molecule is CC(=O)c1c(O)cc(C)cc1F. The maximum absolute atomic E-state index is 13.0. The Hall–Kier alpha value is -1.38. The van der Waals surface area contributed by atoms with E-state index in [0.717, 1.165) is 0 Å². The predicted molar refractivity (Wildman–Crippen MR) is 42.8 cm³/mol. The molecule has 0 aliphatic carbocycles. The van der Waals surface area contributed by atoms with Crippen molar-refractivity contribution in [2.45, 2.75) is 13.8 Å². The molecule has 0 amide bonds. The van der Waals surface area contributed by atoms with Gasteiger partial charge in [0.25, 0.3) is 0 Å². The smallest absolute Gasteiger partial charge is 0.166 e. The molecule has 0 saturated heterocycles. The van der Waals surface area contributed by atoms with E-state index in [1.165, 1.54) is 19.1 Å². The summed E-state index contributed by atoms with van der Waals surface area (Å²) in [4.78, 5) is 10.8. The number of hydrogen-bond donors (Lipinski definition) is 1. The second-order valence-electron chi connectivity index (χ2n) is 2.70. The molecular weight excluding hydrogens is 159 g/mol. The van der Waals surface area contributed by atoms with Crippen molar-refractivity contribution in [3.8, 4) is 5.75 Å². The topological polar surface area (TPSA) is 37.3 Å². The van der Waals surface area contributed by atoms with Gasteiger partial charge in [0.2, 0.25) is 0 Å². The van der Waals surface area contributed by atoms with Crippen LogP contribution in [0, 0.1) is 12.7 Å². The van der Waals surface area contributed by atoms with Gasteiger partial charge >= 0.3 is 0 Å². The fourth-order valence-corrected chi connectivity index (χ4v) is 1.07. The van der Waals surface area contributed by atoms with Gasteiger partial charge in [0, 0.05) is 0 Å². The molecule has 1 rings (SSSR count). The summed E-state index contributed by atoms with van der Waals surface area (Å²) < 4.78 is 13.0. The first-order valence-corrected chi connectivity index (χ1v) is 3.52. The summed E-state index contributed by atoms with van der Waals surface area (Å²) in [7, 11) is 0. The summed E-state index contributed by atoms with van der Waals surface area (Å²) >= 11 is 0. The zero-order chi connectivity index (χ0) is 9.30. The largest absolute Gasteiger partial charge is 0.507 e. The molecule has 0 fully saturated rings. The number of hydrogen-bond acceptors (Lipinski definition) is 2. The molecule has 0 aliphatic heterocycles. The van der Waals surface area contributed by atoms with Crippen LogP contribution in [0.25, 0.3) is 0 Å². The normalized spacial score (nSPS) is 9.92. The molecule has 64 valence electrons. The lowest BCUT2D eigenvalue weighted by molar-refractivity contribution is 0.101. The standard InChI is InChI=1S/C9H9FO2/c1-5-3-7(10)9(6(2)11)8(12)4-5/h3-4,12H,1-2H3. The van der Waals surface area contributed by atoms with Gasteiger partial charge in [-0.15, -0.1) is 0 Å². The van der Waals surface area contributed by atoms with E-state index in [0.29, 0.717) is 5.56 Å². The quantitative estimate of drug-likeness (QED) is 0.651. The van der Waals surface area contributed by atoms with Crippen LogP contribution in [0.15, 0.2) is 12.1 Å². The fourth-order valence-electron chi connectivity index (χ4n) is 1.07. The van der Waals surface area contributed by atoms with Gasteiger partial charge in [0.15, 0.2) is 5.78 Å². The lowest BCUT2D eigenvalue weighted by Crippen LogP contribution is -1.98. The molecule has 12 heavy (non-hydrogen) atoms. The Kier molecular flexibility index (Phi) is 2.13. The van der Waals surface area contributed by atoms with Crippen LogP contribution in [0.5, 0.6) is 5.75 Å². The summed E-state index contributed by atoms with van der Waals surface area (Å²) in [5, 5.41) is 9.18. The van der Waals surface area contributed by atoms with Crippen molar-refractivity contribution in [3.63, 3.8) is 0 Å². The summed E-state index contributed by atoms with van der Waals surface area (Å²) in [6.07, 6.45) is 0. The third-order valence-corrected chi connectivity index (χ3v) is 1.57. The van der Waals surface area contributed by atoms with E-state index >= 15 is 0 Å². The molecule has 1 N–H and O–H groups in total. The lowest BCUT2D eigenvalue weighted by atomic mass is 10.1. The zero-order valence-electron chi connectivity index (χ0n) is 6.89. The third kappa shape index (κ3) is 1.44. The maximum atomic E-state index is 13.0. The third-order valence-electron chi connectivity index (χ3n) is 1.57. The van der Waals surface area contributed by atoms with Gasteiger partial charge in [-0.2, -0.15) is 0 Å². The summed E-state index contributed by atoms with van der Waals surface area (Å²) in [6, 6.07) is 2.58. The van der Waals surface area contributed by atoms with Crippen molar-refractivity contribution in [2.24, 2.45) is 0 Å². The second kappa shape index (κ2) is 2.93. The molecule has 3 heteroatoms. The maximum Gasteiger partial charge on any atom is 0.166 e. The Morgan fingerprint density at radius 2 is 2.08 bits per heavy atom. The molecular formula is C9H9FO2. The van der Waals surface area contributed by atoms with E-state index in [1.807, 2.05) is 0 Å². The van der Waals surface area contributed by atoms with E-state index in [2.05, 4.69) is 0 Å². The number of carbonyl (C=O) groups excluding carboxylic acids is 1. The Balaban J connectivity index is 3.38. The number of rotatable bonds is 1. The number of carbonyl (C=O) groups is 1. The predicted octanol–water partition coefficient (Wildman–Crippen LogP) is 2.04. The minimum Gasteiger partial charge on any atom is -0.507 e. The van der Waals surface area contributed by atoms with E-state index in [1.54, 1.807) is 6.92 Å². The molecule has 0 radical (unpaired) electrons. The van der Waals surface area contributed by atoms with Gasteiger partial charge in [0.05, 0.1) is 5.56 Å². The number of Topliss-reactive ketones (excluding diaryl/α,β-unsaturated/α-hetero) is 1. The summed E-state index contributed by atoms with van der Waals surface area (Å²) in [5.74, 6) is -1.43. The van der Waals surface area contributed by atoms with Crippen LogP contribution in [0.2, 0.25) is 0 Å². The highest BCUT2D eigenvalue weighted by Gasteiger charge is 2.12. The lowest BCUT2D eigenvalue weighted by Gasteiger charge is -2.02. The van der Waals surface area contributed by atoms with Crippen LogP contribution in [0.3, 0.4) is 0 Å². The molecule has 0 heterocycles. The number of aromatic hydroxyl groups is 1. The second-order valence-corrected chi connectivity index (χ2v) is 2.70. The molecule has 0 spiro atoms. The van der Waals surface area contributed by atoms with Crippen LogP contribution in [0.4, 0.5) is 4.39 Å². The Bertz CT molecular complexity index is 308. The fraction of sp³-hybridized carbons (Fsp3) is 0.222. The highest BCUT2D eigenvalue weighted by molar-refractivity contribution is 5.97. The molecule has 0 unspecified atom stereocenters. The highest BCUT2D eigenvalue weighted by atomic mass is 19.1. The van der Waals surface area contributed by atoms with Crippen LogP contribution in [0.1, 0.15) is 22.8 Å². The number of halogens is 1. The Morgan fingerprint density at radius 1 is 1.50 bits per heavy atom. The summed E-state index contributed by atoms with van der Waals surface area (Å²) in [5.41, 5.74) is 0.357. The first-order valence-electron chi connectivity index (χ1n) is 3.52. The summed E-state index contributed by atoms with van der Waals surface area (Å²) in [6.45, 7) is 2.86. The van der Waals surface area contributed by atoms with E-state index in [9.17, 15) is 14.3 Å². The average molecular weight is 168 g/mol. The van der Waals surface area contributed by atoms with Crippen LogP contribution in [-0.2, 0) is 0 Å². The van der Waals surface area contributed by atoms with Gasteiger partial charge < -0.3 is 5.11 Å². The number of aryl methyl sites for hydroxylation is 1. The number of benzene rings is 1. The van der Waals surface area contributed by atoms with Gasteiger partial charge in [-0.25, -0.2) is 4.39 Å². The van der Waals surface area contributed by atoms with Crippen molar-refractivity contribution in [2.75, 3.05) is 0 Å². The first-order chi connectivity index (χ1) is 5.52. The Labute approximate surface area is 69.6 Å². The molecule has 2 nitrogen and oxygen atoms in total. The number of phenolic OH excluding ortho intramolecular Hbond substituents is 1. The highest BCUT2D eigenvalue weighted by Crippen LogP contribution is 2.22. The first kappa shape index (κ1) is 8.71. The van der Waals surface area contributed by atoms with E-state index in [-0.39, 0.29) is 11.3 Å². The average Bonchev–Trinajstić information content (AvgIpc) is 1.82. The molecule has 1 aromatic rings. The van der Waals surface area contributed by atoms with Crippen LogP contribution in [-0.4, -0.2) is 10.9 Å². The molecule has 0 saturated carbocycles. The van der Waals surface area contributed by atoms with Gasteiger partial charge in [-0.3, -0.25) is 4.79 Å². The van der Waals surface area contributed by atoms with Crippen molar-refractivity contribution >= 4 is 5.78 Å². The van der Waals surface area contributed by atoms with Crippen molar-refractivity contribution in [1.82, 2.24) is 0 Å². The molecule has 1 aromatic carbocycles. The van der Waals surface area contributed by atoms with Gasteiger partial charge in [-0.05, 0) is 31.5 Å². The molecule has 0 aromatic heterocycles. The monoisotopic (exact) mass is 168 g/mol. The van der Waals surface area contributed by atoms with Crippen molar-refractivity contribution < 1.29 is 14.3 Å². The zero-order valence-corrected chi connectivity index (χ0v) is 6.89. The molecule has 0 aliphatic rings. The van der Waals surface area contributed by atoms with E-state index < -0.39 is 11.6 Å². The number of phenols is 1. The molecule has 0 bridgehead atoms. The van der Waals surface area contributed by atoms with Crippen molar-refractivity contribution in [3.05, 3.63) is 29.1 Å². The Morgan fingerprint density at radius 3 is 2.50 bits per heavy atom. The van der Waals surface area contributed by atoms with Gasteiger partial charge in [-0.1, -0.05) is 0 Å². The van der Waals surface area contributed by atoms with E-state index in [4.69, 9.17) is 0 Å². The molecule has 0 atom stereocenters. The number of ketones is 1. The van der Waals surface area contributed by atoms with Crippen LogP contribution < -0.4 is 0 Å². The van der Waals surface area contributed by atoms with Crippen molar-refractivity contribution in [1.29, 1.82) is 0 Å². The minimum atomic E-state index is -0.667.